The summed E-state index contributed by atoms with van der Waals surface area (Å²) in [5.41, 5.74) is 3.52. The van der Waals surface area contributed by atoms with Gasteiger partial charge in [-0.3, -0.25) is 4.79 Å². The lowest BCUT2D eigenvalue weighted by molar-refractivity contribution is 0.0587. The fourth-order valence-electron chi connectivity index (χ4n) is 2.39. The molecule has 0 aliphatic carbocycles. The lowest BCUT2D eigenvalue weighted by Crippen LogP contribution is -2.08. The SMILES string of the molecule is COC(=O)c1ccc(C(=O)OC)c(NC=CC(=O)c2ccc(C)c(C)c2)c1. The first-order chi connectivity index (χ1) is 12.9. The number of nitrogens with one attached hydrogen (secondary N) is 1. The Morgan fingerprint density at radius 1 is 0.852 bits per heavy atom. The maximum Gasteiger partial charge on any atom is 0.339 e. The van der Waals surface area contributed by atoms with Gasteiger partial charge in [0.25, 0.3) is 0 Å². The Bertz CT molecular complexity index is 915. The number of hydrogen-bond donors (Lipinski definition) is 1. The fraction of sp³-hybridized carbons (Fsp3) is 0.190. The summed E-state index contributed by atoms with van der Waals surface area (Å²) in [6.07, 6.45) is 2.77. The van der Waals surface area contributed by atoms with E-state index in [-0.39, 0.29) is 16.9 Å². The van der Waals surface area contributed by atoms with E-state index in [1.54, 1.807) is 6.07 Å². The Morgan fingerprint density at radius 3 is 2.15 bits per heavy atom. The van der Waals surface area contributed by atoms with Crippen molar-refractivity contribution in [1.29, 1.82) is 0 Å². The molecule has 2 aromatic carbocycles. The first kappa shape index (κ1) is 19.9. The smallest absolute Gasteiger partial charge is 0.339 e. The number of anilines is 1. The minimum Gasteiger partial charge on any atom is -0.465 e. The van der Waals surface area contributed by atoms with E-state index in [0.29, 0.717) is 11.3 Å². The lowest BCUT2D eigenvalue weighted by Gasteiger charge is -2.09. The van der Waals surface area contributed by atoms with Gasteiger partial charge in [0.1, 0.15) is 0 Å². The molecule has 0 spiro atoms. The monoisotopic (exact) mass is 367 g/mol. The van der Waals surface area contributed by atoms with Crippen LogP contribution in [0.1, 0.15) is 42.2 Å². The average Bonchev–Trinajstić information content (AvgIpc) is 2.68. The van der Waals surface area contributed by atoms with E-state index in [0.717, 1.165) is 11.1 Å². The van der Waals surface area contributed by atoms with Crippen molar-refractivity contribution in [2.45, 2.75) is 13.8 Å². The number of hydrogen-bond acceptors (Lipinski definition) is 6. The standard InChI is InChI=1S/C21H21NO5/c1-13-5-6-15(11-14(13)2)19(23)9-10-22-18-12-16(20(24)26-3)7-8-17(18)21(25)27-4/h5-12,22H,1-4H3. The third-order valence-corrected chi connectivity index (χ3v) is 4.11. The van der Waals surface area contributed by atoms with Crippen molar-refractivity contribution < 1.29 is 23.9 Å². The van der Waals surface area contributed by atoms with Crippen LogP contribution in [0.2, 0.25) is 0 Å². The first-order valence-electron chi connectivity index (χ1n) is 8.22. The zero-order chi connectivity index (χ0) is 20.0. The summed E-state index contributed by atoms with van der Waals surface area (Å²) in [7, 11) is 2.53. The van der Waals surface area contributed by atoms with Crippen molar-refractivity contribution >= 4 is 23.4 Å². The van der Waals surface area contributed by atoms with E-state index in [2.05, 4.69) is 10.1 Å². The Hall–Kier alpha value is -3.41. The van der Waals surface area contributed by atoms with Crippen molar-refractivity contribution in [3.8, 4) is 0 Å². The van der Waals surface area contributed by atoms with Crippen LogP contribution >= 0.6 is 0 Å². The van der Waals surface area contributed by atoms with Gasteiger partial charge in [-0.2, -0.15) is 0 Å². The molecule has 0 atom stereocenters. The van der Waals surface area contributed by atoms with Gasteiger partial charge < -0.3 is 14.8 Å². The van der Waals surface area contributed by atoms with Gasteiger partial charge in [-0.05, 0) is 49.2 Å². The predicted octanol–water partition coefficient (Wildman–Crippen LogP) is 3.69. The Morgan fingerprint density at radius 2 is 1.52 bits per heavy atom. The maximum absolute atomic E-state index is 12.3. The number of benzene rings is 2. The van der Waals surface area contributed by atoms with Gasteiger partial charge in [-0.15, -0.1) is 0 Å². The summed E-state index contributed by atoms with van der Waals surface area (Å²) in [6.45, 7) is 3.92. The summed E-state index contributed by atoms with van der Waals surface area (Å²) in [5, 5.41) is 2.86. The molecule has 0 bridgehead atoms. The van der Waals surface area contributed by atoms with Gasteiger partial charge >= 0.3 is 11.9 Å². The van der Waals surface area contributed by atoms with E-state index in [9.17, 15) is 14.4 Å². The first-order valence-corrected chi connectivity index (χ1v) is 8.22. The molecule has 0 saturated carbocycles. The summed E-state index contributed by atoms with van der Waals surface area (Å²) in [5.74, 6) is -1.29. The van der Waals surface area contributed by atoms with Crippen LogP contribution in [-0.2, 0) is 9.47 Å². The normalized spacial score (nSPS) is 10.5. The second-order valence-corrected chi connectivity index (χ2v) is 5.88. The lowest BCUT2D eigenvalue weighted by atomic mass is 10.0. The van der Waals surface area contributed by atoms with Crippen LogP contribution < -0.4 is 5.32 Å². The van der Waals surface area contributed by atoms with Gasteiger partial charge in [0.15, 0.2) is 5.78 Å². The number of ether oxygens (including phenoxy) is 2. The van der Waals surface area contributed by atoms with E-state index in [1.165, 1.54) is 44.7 Å². The van der Waals surface area contributed by atoms with E-state index in [4.69, 9.17) is 4.74 Å². The van der Waals surface area contributed by atoms with Crippen LogP contribution in [0.25, 0.3) is 0 Å². The van der Waals surface area contributed by atoms with Gasteiger partial charge in [0.2, 0.25) is 0 Å². The van der Waals surface area contributed by atoms with Gasteiger partial charge in [-0.25, -0.2) is 9.59 Å². The molecule has 0 aliphatic rings. The topological polar surface area (TPSA) is 81.7 Å². The number of rotatable bonds is 6. The number of allylic oxidation sites excluding steroid dienone is 1. The molecule has 0 aromatic heterocycles. The highest BCUT2D eigenvalue weighted by atomic mass is 16.5. The molecule has 0 unspecified atom stereocenters. The fourth-order valence-corrected chi connectivity index (χ4v) is 2.39. The molecule has 0 radical (unpaired) electrons. The molecule has 6 nitrogen and oxygen atoms in total. The minimum absolute atomic E-state index is 0.186. The van der Waals surface area contributed by atoms with Crippen LogP contribution in [-0.4, -0.2) is 31.9 Å². The van der Waals surface area contributed by atoms with Crippen LogP contribution in [0.4, 0.5) is 5.69 Å². The third kappa shape index (κ3) is 4.82. The Kier molecular flexibility index (Phi) is 6.49. The van der Waals surface area contributed by atoms with Gasteiger partial charge in [0.05, 0.1) is 31.0 Å². The summed E-state index contributed by atoms with van der Waals surface area (Å²) >= 11 is 0. The number of methoxy groups -OCH3 is 2. The molecule has 0 fully saturated rings. The van der Waals surface area contributed by atoms with Gasteiger partial charge in [-0.1, -0.05) is 12.1 Å². The molecular formula is C21H21NO5. The van der Waals surface area contributed by atoms with Crippen LogP contribution in [0.3, 0.4) is 0 Å². The maximum atomic E-state index is 12.3. The molecule has 2 aromatic rings. The minimum atomic E-state index is -0.567. The van der Waals surface area contributed by atoms with Crippen molar-refractivity contribution in [3.05, 3.63) is 76.5 Å². The third-order valence-electron chi connectivity index (χ3n) is 4.11. The summed E-state index contributed by atoms with van der Waals surface area (Å²) < 4.78 is 9.42. The summed E-state index contributed by atoms with van der Waals surface area (Å²) in [4.78, 5) is 35.9. The molecule has 0 saturated heterocycles. The number of esters is 2. The average molecular weight is 367 g/mol. The van der Waals surface area contributed by atoms with Crippen LogP contribution in [0, 0.1) is 13.8 Å². The number of carbonyl (C=O) groups is 3. The van der Waals surface area contributed by atoms with Crippen molar-refractivity contribution in [3.63, 3.8) is 0 Å². The zero-order valence-electron chi connectivity index (χ0n) is 15.7. The largest absolute Gasteiger partial charge is 0.465 e. The predicted molar refractivity (Wildman–Crippen MR) is 102 cm³/mol. The molecule has 0 aliphatic heterocycles. The molecule has 0 heterocycles. The molecule has 140 valence electrons. The highest BCUT2D eigenvalue weighted by Gasteiger charge is 2.15. The highest BCUT2D eigenvalue weighted by Crippen LogP contribution is 2.20. The van der Waals surface area contributed by atoms with Gasteiger partial charge in [0, 0.05) is 17.8 Å². The molecule has 6 heteroatoms. The highest BCUT2D eigenvalue weighted by molar-refractivity contribution is 6.05. The number of carbonyl (C=O) groups excluding carboxylic acids is 3. The van der Waals surface area contributed by atoms with Crippen molar-refractivity contribution in [2.24, 2.45) is 0 Å². The molecule has 27 heavy (non-hydrogen) atoms. The van der Waals surface area contributed by atoms with Crippen molar-refractivity contribution in [1.82, 2.24) is 0 Å². The quantitative estimate of drug-likeness (QED) is 0.476. The molecule has 2 rings (SSSR count). The number of aryl methyl sites for hydroxylation is 2. The van der Waals surface area contributed by atoms with E-state index < -0.39 is 11.9 Å². The Balaban J connectivity index is 2.25. The van der Waals surface area contributed by atoms with Crippen LogP contribution in [0.15, 0.2) is 48.7 Å². The van der Waals surface area contributed by atoms with Crippen molar-refractivity contribution in [2.75, 3.05) is 19.5 Å². The molecule has 1 N–H and O–H groups in total. The molecular weight excluding hydrogens is 346 g/mol. The summed E-state index contributed by atoms with van der Waals surface area (Å²) in [6, 6.07) is 9.85. The molecule has 0 amide bonds. The van der Waals surface area contributed by atoms with E-state index in [1.807, 2.05) is 26.0 Å². The van der Waals surface area contributed by atoms with Crippen LogP contribution in [0.5, 0.6) is 0 Å². The zero-order valence-corrected chi connectivity index (χ0v) is 15.7. The second-order valence-electron chi connectivity index (χ2n) is 5.88. The second kappa shape index (κ2) is 8.80. The number of ketones is 1. The Labute approximate surface area is 157 Å². The van der Waals surface area contributed by atoms with E-state index >= 15 is 0 Å².